The molecule has 2 aliphatic heterocycles. The van der Waals surface area contributed by atoms with E-state index in [0.717, 1.165) is 0 Å². The molecule has 1 aliphatic carbocycles. The summed E-state index contributed by atoms with van der Waals surface area (Å²) in [6, 6.07) is -0.217. The number of rotatable bonds is 4. The molecule has 0 aromatic carbocycles. The van der Waals surface area contributed by atoms with Crippen LogP contribution in [0.4, 0.5) is 4.79 Å². The average Bonchev–Trinajstić information content (AvgIpc) is 2.91. The maximum Gasteiger partial charge on any atom is 0.326 e. The van der Waals surface area contributed by atoms with Gasteiger partial charge in [-0.25, -0.2) is 17.9 Å². The standard InChI is InChI=1S/C19H34N4O4S2/c1-11-16(28-12(2)20-11)10-23-15-8-7-13(29(26,27)21-19(3,4)5)9-14(15)17(24)22(6)18(23)25/h11-16,20-21H,7-10H2,1-6H3. The zero-order valence-electron chi connectivity index (χ0n) is 18.1. The lowest BCUT2D eigenvalue weighted by molar-refractivity contribution is -0.139. The molecular formula is C19H34N4O4S2. The Labute approximate surface area is 178 Å². The Morgan fingerprint density at radius 3 is 2.41 bits per heavy atom. The summed E-state index contributed by atoms with van der Waals surface area (Å²) in [7, 11) is -2.03. The molecule has 2 heterocycles. The van der Waals surface area contributed by atoms with Crippen LogP contribution in [0, 0.1) is 5.92 Å². The number of nitrogens with one attached hydrogen (secondary N) is 2. The first-order valence-corrected chi connectivity index (χ1v) is 12.8. The Hall–Kier alpha value is -0.840. The van der Waals surface area contributed by atoms with E-state index in [1.807, 2.05) is 37.4 Å². The third kappa shape index (κ3) is 4.75. The molecule has 0 radical (unpaired) electrons. The third-order valence-electron chi connectivity index (χ3n) is 6.04. The summed E-state index contributed by atoms with van der Waals surface area (Å²) >= 11 is 1.81. The van der Waals surface area contributed by atoms with Gasteiger partial charge >= 0.3 is 6.03 Å². The predicted octanol–water partition coefficient (Wildman–Crippen LogP) is 1.58. The zero-order valence-corrected chi connectivity index (χ0v) is 19.8. The predicted molar refractivity (Wildman–Crippen MR) is 115 cm³/mol. The number of amides is 3. The molecule has 3 amide bonds. The Kier molecular flexibility index (Phi) is 6.31. The van der Waals surface area contributed by atoms with Crippen molar-refractivity contribution in [3.05, 3.63) is 0 Å². The van der Waals surface area contributed by atoms with E-state index in [-0.39, 0.29) is 35.7 Å². The lowest BCUT2D eigenvalue weighted by atomic mass is 9.80. The molecule has 6 unspecified atom stereocenters. The zero-order chi connectivity index (χ0) is 21.7. The number of hydrogen-bond acceptors (Lipinski definition) is 6. The minimum absolute atomic E-state index is 0.226. The van der Waals surface area contributed by atoms with E-state index in [1.165, 1.54) is 11.9 Å². The number of thioether (sulfide) groups is 1. The molecule has 166 valence electrons. The van der Waals surface area contributed by atoms with Crippen molar-refractivity contribution in [1.29, 1.82) is 0 Å². The van der Waals surface area contributed by atoms with Gasteiger partial charge in [0.15, 0.2) is 0 Å². The van der Waals surface area contributed by atoms with Crippen LogP contribution >= 0.6 is 11.8 Å². The second-order valence-electron chi connectivity index (χ2n) is 9.61. The van der Waals surface area contributed by atoms with E-state index >= 15 is 0 Å². The van der Waals surface area contributed by atoms with Crippen LogP contribution in [0.2, 0.25) is 0 Å². The van der Waals surface area contributed by atoms with E-state index in [2.05, 4.69) is 23.9 Å². The minimum atomic E-state index is -3.54. The van der Waals surface area contributed by atoms with Crippen molar-refractivity contribution in [3.8, 4) is 0 Å². The fourth-order valence-corrected chi connectivity index (χ4v) is 8.04. The molecule has 2 N–H and O–H groups in total. The molecule has 1 saturated carbocycles. The minimum Gasteiger partial charge on any atom is -0.319 e. The van der Waals surface area contributed by atoms with Crippen LogP contribution in [0.15, 0.2) is 0 Å². The number of urea groups is 1. The van der Waals surface area contributed by atoms with E-state index in [9.17, 15) is 18.0 Å². The summed E-state index contributed by atoms with van der Waals surface area (Å²) in [4.78, 5) is 28.8. The van der Waals surface area contributed by atoms with Crippen LogP contribution in [-0.4, -0.2) is 77.2 Å². The van der Waals surface area contributed by atoms with Gasteiger partial charge in [-0.1, -0.05) is 0 Å². The Bertz CT molecular complexity index is 767. The lowest BCUT2D eigenvalue weighted by Gasteiger charge is -2.48. The first-order valence-electron chi connectivity index (χ1n) is 10.3. The fourth-order valence-electron chi connectivity index (χ4n) is 4.73. The number of imide groups is 1. The number of fused-ring (bicyclic) bond motifs is 1. The van der Waals surface area contributed by atoms with Crippen molar-refractivity contribution in [3.63, 3.8) is 0 Å². The molecule has 2 saturated heterocycles. The number of hydrogen-bond donors (Lipinski definition) is 2. The van der Waals surface area contributed by atoms with Gasteiger partial charge in [0.25, 0.3) is 0 Å². The van der Waals surface area contributed by atoms with E-state index < -0.39 is 26.7 Å². The maximum absolute atomic E-state index is 12.9. The highest BCUT2D eigenvalue weighted by atomic mass is 32.2. The van der Waals surface area contributed by atoms with Gasteiger partial charge in [0, 0.05) is 36.5 Å². The van der Waals surface area contributed by atoms with Gasteiger partial charge in [0.05, 0.1) is 16.5 Å². The van der Waals surface area contributed by atoms with E-state index in [4.69, 9.17) is 0 Å². The monoisotopic (exact) mass is 446 g/mol. The van der Waals surface area contributed by atoms with E-state index in [1.54, 1.807) is 0 Å². The largest absolute Gasteiger partial charge is 0.326 e. The molecular weight excluding hydrogens is 412 g/mol. The summed E-state index contributed by atoms with van der Waals surface area (Å²) in [6.07, 6.45) is 1.24. The molecule has 0 aromatic rings. The van der Waals surface area contributed by atoms with Gasteiger partial charge in [-0.05, 0) is 53.9 Å². The van der Waals surface area contributed by atoms with Gasteiger partial charge < -0.3 is 10.2 Å². The highest BCUT2D eigenvalue weighted by Crippen LogP contribution is 2.38. The normalized spacial score (nSPS) is 36.5. The van der Waals surface area contributed by atoms with Gasteiger partial charge in [-0.15, -0.1) is 11.8 Å². The summed E-state index contributed by atoms with van der Waals surface area (Å²) in [5.74, 6) is -0.731. The Morgan fingerprint density at radius 2 is 1.86 bits per heavy atom. The Morgan fingerprint density at radius 1 is 1.21 bits per heavy atom. The van der Waals surface area contributed by atoms with Crippen molar-refractivity contribution in [2.24, 2.45) is 5.92 Å². The van der Waals surface area contributed by atoms with Gasteiger partial charge in [-0.3, -0.25) is 9.69 Å². The lowest BCUT2D eigenvalue weighted by Crippen LogP contribution is -2.64. The first-order chi connectivity index (χ1) is 13.3. The van der Waals surface area contributed by atoms with Crippen LogP contribution in [0.3, 0.4) is 0 Å². The summed E-state index contributed by atoms with van der Waals surface area (Å²) in [5, 5.41) is 3.43. The van der Waals surface area contributed by atoms with Crippen LogP contribution in [-0.2, 0) is 14.8 Å². The number of sulfonamides is 1. The molecule has 3 fully saturated rings. The number of nitrogens with zero attached hydrogens (tertiary/aromatic N) is 2. The van der Waals surface area contributed by atoms with Crippen molar-refractivity contribution in [1.82, 2.24) is 19.8 Å². The molecule has 3 rings (SSSR count). The second-order valence-corrected chi connectivity index (χ2v) is 13.2. The average molecular weight is 447 g/mol. The maximum atomic E-state index is 12.9. The van der Waals surface area contributed by atoms with E-state index in [0.29, 0.717) is 24.8 Å². The van der Waals surface area contributed by atoms with Gasteiger partial charge in [-0.2, -0.15) is 0 Å². The summed E-state index contributed by atoms with van der Waals surface area (Å²) in [6.45, 7) is 10.2. The SMILES string of the molecule is CC1NC(C)C(CN2C(=O)N(C)C(=O)C3CC(S(=O)(=O)NC(C)(C)C)CCC32)S1. The molecule has 6 atom stereocenters. The Balaban J connectivity index is 1.79. The molecule has 3 aliphatic rings. The highest BCUT2D eigenvalue weighted by Gasteiger charge is 2.50. The highest BCUT2D eigenvalue weighted by molar-refractivity contribution is 8.00. The van der Waals surface area contributed by atoms with Crippen LogP contribution in [0.1, 0.15) is 53.9 Å². The third-order valence-corrected chi connectivity index (χ3v) is 9.70. The summed E-state index contributed by atoms with van der Waals surface area (Å²) in [5.41, 5.74) is -0.565. The number of carbonyl (C=O) groups is 2. The van der Waals surface area contributed by atoms with Crippen molar-refractivity contribution in [2.75, 3.05) is 13.6 Å². The van der Waals surface area contributed by atoms with Crippen molar-refractivity contribution in [2.45, 2.75) is 87.4 Å². The molecule has 8 nitrogen and oxygen atoms in total. The molecule has 0 bridgehead atoms. The molecule has 0 spiro atoms. The number of carbonyl (C=O) groups excluding carboxylic acids is 2. The summed E-state index contributed by atoms with van der Waals surface area (Å²) < 4.78 is 28.4. The molecule has 10 heteroatoms. The van der Waals surface area contributed by atoms with Gasteiger partial charge in [0.2, 0.25) is 15.9 Å². The quantitative estimate of drug-likeness (QED) is 0.680. The molecule has 29 heavy (non-hydrogen) atoms. The second kappa shape index (κ2) is 8.01. The fraction of sp³-hybridized carbons (Fsp3) is 0.895. The molecule has 0 aromatic heterocycles. The smallest absolute Gasteiger partial charge is 0.319 e. The van der Waals surface area contributed by atoms with Crippen LogP contribution < -0.4 is 10.0 Å². The first kappa shape index (κ1) is 22.8. The van der Waals surface area contributed by atoms with Crippen LogP contribution in [0.5, 0.6) is 0 Å². The van der Waals surface area contributed by atoms with Crippen molar-refractivity contribution >= 4 is 33.7 Å². The van der Waals surface area contributed by atoms with Crippen molar-refractivity contribution < 1.29 is 18.0 Å². The van der Waals surface area contributed by atoms with Crippen LogP contribution in [0.25, 0.3) is 0 Å². The van der Waals surface area contributed by atoms with Gasteiger partial charge in [0.1, 0.15) is 0 Å². The topological polar surface area (TPSA) is 98.8 Å².